The molecule has 0 saturated heterocycles. The fourth-order valence-electron chi connectivity index (χ4n) is 1.72. The Hall–Kier alpha value is -1.82. The highest BCUT2D eigenvalue weighted by Gasteiger charge is 2.16. The van der Waals surface area contributed by atoms with Gasteiger partial charge in [0.2, 0.25) is 0 Å². The third kappa shape index (κ3) is 3.14. The summed E-state index contributed by atoms with van der Waals surface area (Å²) in [6.07, 6.45) is 5.33. The van der Waals surface area contributed by atoms with Crippen molar-refractivity contribution in [2.24, 2.45) is 0 Å². The number of carbonyl (C=O) groups excluding carboxylic acids is 1. The van der Waals surface area contributed by atoms with Crippen molar-refractivity contribution in [3.63, 3.8) is 0 Å². The molecule has 0 saturated carbocycles. The lowest BCUT2D eigenvalue weighted by Gasteiger charge is -2.12. The van der Waals surface area contributed by atoms with Crippen molar-refractivity contribution < 1.29 is 4.79 Å². The normalized spacial score (nSPS) is 12.2. The number of carbonyl (C=O) groups is 1. The Balaban J connectivity index is 2.12. The van der Waals surface area contributed by atoms with Gasteiger partial charge in [0, 0.05) is 18.1 Å². The minimum Gasteiger partial charge on any atom is -0.344 e. The predicted molar refractivity (Wildman–Crippen MR) is 75.2 cm³/mol. The smallest absolute Gasteiger partial charge is 0.254 e. The van der Waals surface area contributed by atoms with E-state index < -0.39 is 0 Å². The number of amides is 1. The zero-order valence-electron chi connectivity index (χ0n) is 11.1. The molecule has 0 aliphatic heterocycles. The van der Waals surface area contributed by atoms with Crippen LogP contribution in [0.1, 0.15) is 34.8 Å². The van der Waals surface area contributed by atoms with Gasteiger partial charge in [0.25, 0.3) is 5.91 Å². The van der Waals surface area contributed by atoms with Crippen molar-refractivity contribution in [3.8, 4) is 0 Å². The molecule has 5 nitrogen and oxygen atoms in total. The van der Waals surface area contributed by atoms with Gasteiger partial charge < -0.3 is 10.3 Å². The molecule has 0 bridgehead atoms. The summed E-state index contributed by atoms with van der Waals surface area (Å²) in [7, 11) is 0. The molecule has 2 aromatic heterocycles. The molecule has 1 unspecified atom stereocenters. The highest BCUT2D eigenvalue weighted by molar-refractivity contribution is 7.98. The summed E-state index contributed by atoms with van der Waals surface area (Å²) in [5.41, 5.74) is 1.56. The lowest BCUT2D eigenvalue weighted by atomic mass is 10.2. The first kappa shape index (κ1) is 13.6. The van der Waals surface area contributed by atoms with Crippen LogP contribution in [0, 0.1) is 6.92 Å². The molecule has 0 spiro atoms. The van der Waals surface area contributed by atoms with E-state index >= 15 is 0 Å². The van der Waals surface area contributed by atoms with E-state index in [1.54, 1.807) is 24.5 Å². The summed E-state index contributed by atoms with van der Waals surface area (Å²) in [5, 5.41) is 3.64. The summed E-state index contributed by atoms with van der Waals surface area (Å²) >= 11 is 1.46. The van der Waals surface area contributed by atoms with Gasteiger partial charge in [-0.15, -0.1) is 11.8 Å². The molecule has 0 aliphatic rings. The van der Waals surface area contributed by atoms with Crippen LogP contribution in [0.4, 0.5) is 0 Å². The zero-order valence-corrected chi connectivity index (χ0v) is 11.9. The van der Waals surface area contributed by atoms with Crippen LogP contribution in [0.3, 0.4) is 0 Å². The molecule has 0 aliphatic carbocycles. The number of aryl methyl sites for hydroxylation is 1. The molecule has 2 heterocycles. The number of hydrogen-bond donors (Lipinski definition) is 2. The van der Waals surface area contributed by atoms with Gasteiger partial charge in [0.05, 0.1) is 11.6 Å². The number of H-pyrrole nitrogens is 1. The standard InChI is InChI=1S/C13H16N4OS/c1-8-7-15-11(16-8)9(2)17-12(18)10-5-4-6-14-13(10)19-3/h4-7,9H,1-3H3,(H,15,16)(H,17,18). The van der Waals surface area contributed by atoms with Crippen LogP contribution in [0.25, 0.3) is 0 Å². The average molecular weight is 276 g/mol. The fourth-order valence-corrected chi connectivity index (χ4v) is 2.27. The second kappa shape index (κ2) is 5.88. The minimum atomic E-state index is -0.170. The summed E-state index contributed by atoms with van der Waals surface area (Å²) in [5.74, 6) is 0.611. The van der Waals surface area contributed by atoms with Gasteiger partial charge in [-0.3, -0.25) is 4.79 Å². The predicted octanol–water partition coefficient (Wildman–Crippen LogP) is 2.33. The lowest BCUT2D eigenvalue weighted by Crippen LogP contribution is -2.28. The molecule has 2 aromatic rings. The minimum absolute atomic E-state index is 0.140. The second-order valence-corrected chi connectivity index (χ2v) is 5.00. The Kier molecular flexibility index (Phi) is 4.21. The summed E-state index contributed by atoms with van der Waals surface area (Å²) in [6.45, 7) is 3.82. The van der Waals surface area contributed by atoms with Gasteiger partial charge in [-0.25, -0.2) is 9.97 Å². The molecular weight excluding hydrogens is 260 g/mol. The summed E-state index contributed by atoms with van der Waals surface area (Å²) in [4.78, 5) is 23.7. The van der Waals surface area contributed by atoms with Crippen LogP contribution < -0.4 is 5.32 Å². The topological polar surface area (TPSA) is 70.7 Å². The van der Waals surface area contributed by atoms with Gasteiger partial charge in [0.15, 0.2) is 0 Å². The van der Waals surface area contributed by atoms with Crippen LogP contribution in [-0.2, 0) is 0 Å². The maximum atomic E-state index is 12.2. The number of rotatable bonds is 4. The molecule has 100 valence electrons. The van der Waals surface area contributed by atoms with Crippen LogP contribution in [0.2, 0.25) is 0 Å². The number of hydrogen-bond acceptors (Lipinski definition) is 4. The molecule has 2 rings (SSSR count). The number of aromatic nitrogens is 3. The van der Waals surface area contributed by atoms with E-state index in [-0.39, 0.29) is 11.9 Å². The van der Waals surface area contributed by atoms with Gasteiger partial charge in [-0.1, -0.05) is 0 Å². The molecule has 19 heavy (non-hydrogen) atoms. The van der Waals surface area contributed by atoms with E-state index in [4.69, 9.17) is 0 Å². The average Bonchev–Trinajstić information content (AvgIpc) is 2.85. The van der Waals surface area contributed by atoms with Crippen LogP contribution in [0.15, 0.2) is 29.6 Å². The third-order valence-corrected chi connectivity index (χ3v) is 3.40. The number of imidazole rings is 1. The van der Waals surface area contributed by atoms with E-state index in [0.717, 1.165) is 16.5 Å². The maximum absolute atomic E-state index is 12.2. The van der Waals surface area contributed by atoms with Crippen molar-refractivity contribution in [2.75, 3.05) is 6.26 Å². The van der Waals surface area contributed by atoms with Crippen molar-refractivity contribution in [1.82, 2.24) is 20.3 Å². The molecule has 2 N–H and O–H groups in total. The Labute approximate surface area is 116 Å². The van der Waals surface area contributed by atoms with Gasteiger partial charge >= 0.3 is 0 Å². The van der Waals surface area contributed by atoms with Crippen molar-refractivity contribution in [3.05, 3.63) is 41.6 Å². The second-order valence-electron chi connectivity index (χ2n) is 4.21. The maximum Gasteiger partial charge on any atom is 0.254 e. The Morgan fingerprint density at radius 2 is 2.26 bits per heavy atom. The van der Waals surface area contributed by atoms with Crippen molar-refractivity contribution in [1.29, 1.82) is 0 Å². The van der Waals surface area contributed by atoms with Gasteiger partial charge in [-0.2, -0.15) is 0 Å². The fraction of sp³-hybridized carbons (Fsp3) is 0.308. The first-order valence-electron chi connectivity index (χ1n) is 5.93. The van der Waals surface area contributed by atoms with E-state index in [1.165, 1.54) is 11.8 Å². The molecular formula is C13H16N4OS. The summed E-state index contributed by atoms with van der Waals surface area (Å²) < 4.78 is 0. The quantitative estimate of drug-likeness (QED) is 0.841. The van der Waals surface area contributed by atoms with Crippen LogP contribution >= 0.6 is 11.8 Å². The van der Waals surface area contributed by atoms with E-state index in [0.29, 0.717) is 5.56 Å². The number of nitrogens with one attached hydrogen (secondary N) is 2. The molecule has 0 fully saturated rings. The largest absolute Gasteiger partial charge is 0.344 e. The molecule has 6 heteroatoms. The van der Waals surface area contributed by atoms with E-state index in [1.807, 2.05) is 20.1 Å². The number of aromatic amines is 1. The van der Waals surface area contributed by atoms with Crippen LogP contribution in [-0.4, -0.2) is 27.1 Å². The lowest BCUT2D eigenvalue weighted by molar-refractivity contribution is 0.0934. The highest BCUT2D eigenvalue weighted by atomic mass is 32.2. The zero-order chi connectivity index (χ0) is 13.8. The highest BCUT2D eigenvalue weighted by Crippen LogP contribution is 2.18. The van der Waals surface area contributed by atoms with Crippen molar-refractivity contribution in [2.45, 2.75) is 24.9 Å². The Bertz CT molecular complexity index is 582. The third-order valence-electron chi connectivity index (χ3n) is 2.69. The Morgan fingerprint density at radius 1 is 1.47 bits per heavy atom. The summed E-state index contributed by atoms with van der Waals surface area (Å²) in [6, 6.07) is 3.36. The Morgan fingerprint density at radius 3 is 2.89 bits per heavy atom. The van der Waals surface area contributed by atoms with E-state index in [9.17, 15) is 4.79 Å². The first-order valence-corrected chi connectivity index (χ1v) is 7.15. The van der Waals surface area contributed by atoms with Gasteiger partial charge in [-0.05, 0) is 32.2 Å². The van der Waals surface area contributed by atoms with Crippen LogP contribution in [0.5, 0.6) is 0 Å². The monoisotopic (exact) mass is 276 g/mol. The molecule has 0 aromatic carbocycles. The number of thioether (sulfide) groups is 1. The number of pyridine rings is 1. The van der Waals surface area contributed by atoms with Gasteiger partial charge in [0.1, 0.15) is 10.9 Å². The van der Waals surface area contributed by atoms with E-state index in [2.05, 4.69) is 20.3 Å². The molecule has 1 amide bonds. The molecule has 0 radical (unpaired) electrons. The number of nitrogens with zero attached hydrogens (tertiary/aromatic N) is 2. The first-order chi connectivity index (χ1) is 9.11. The molecule has 1 atom stereocenters. The SMILES string of the molecule is CSc1ncccc1C(=O)NC(C)c1ncc(C)[nH]1. The van der Waals surface area contributed by atoms with Crippen molar-refractivity contribution >= 4 is 17.7 Å².